The van der Waals surface area contributed by atoms with Gasteiger partial charge in [-0.3, -0.25) is 4.79 Å². The highest BCUT2D eigenvalue weighted by atomic mass is 16.5. The van der Waals surface area contributed by atoms with Gasteiger partial charge in [0, 0.05) is 24.5 Å². The predicted molar refractivity (Wildman–Crippen MR) is 96.4 cm³/mol. The van der Waals surface area contributed by atoms with Gasteiger partial charge >= 0.3 is 11.9 Å². The van der Waals surface area contributed by atoms with Crippen molar-refractivity contribution in [3.63, 3.8) is 0 Å². The van der Waals surface area contributed by atoms with Crippen LogP contribution in [0.2, 0.25) is 0 Å². The number of rotatable bonds is 4. The van der Waals surface area contributed by atoms with Gasteiger partial charge in [-0.2, -0.15) is 0 Å². The predicted octanol–water partition coefficient (Wildman–Crippen LogP) is 1.84. The smallest absolute Gasteiger partial charge is 0.355 e. The molecule has 1 aromatic carbocycles. The van der Waals surface area contributed by atoms with Crippen molar-refractivity contribution in [2.75, 3.05) is 26.2 Å². The van der Waals surface area contributed by atoms with E-state index in [1.807, 2.05) is 0 Å². The number of allylic oxidation sites excluding steroid dienone is 2. The third kappa shape index (κ3) is 3.51. The minimum Gasteiger partial charge on any atom is -0.465 e. The van der Waals surface area contributed by atoms with Crippen LogP contribution in [0.1, 0.15) is 15.9 Å². The Morgan fingerprint density at radius 3 is 2.35 bits per heavy atom. The molecule has 0 atom stereocenters. The molecule has 2 rings (SSSR count). The van der Waals surface area contributed by atoms with Crippen LogP contribution in [0, 0.1) is 6.92 Å². The highest BCUT2D eigenvalue weighted by Crippen LogP contribution is 2.30. The van der Waals surface area contributed by atoms with Crippen molar-refractivity contribution in [3.05, 3.63) is 65.0 Å². The molecule has 0 unspecified atom stereocenters. The minimum absolute atomic E-state index is 0.00140. The average Bonchev–Trinajstić information content (AvgIpc) is 2.89. The first-order valence-corrected chi connectivity index (χ1v) is 7.83. The lowest BCUT2D eigenvalue weighted by Gasteiger charge is -2.25. The van der Waals surface area contributed by atoms with Crippen molar-refractivity contribution in [3.8, 4) is 0 Å². The van der Waals surface area contributed by atoms with E-state index >= 15 is 0 Å². The monoisotopic (exact) mass is 356 g/mol. The van der Waals surface area contributed by atoms with Gasteiger partial charge in [0.25, 0.3) is 5.91 Å². The van der Waals surface area contributed by atoms with Gasteiger partial charge in [0.15, 0.2) is 0 Å². The molecule has 1 heterocycles. The van der Waals surface area contributed by atoms with Gasteiger partial charge in [0.05, 0.1) is 19.8 Å². The van der Waals surface area contributed by atoms with Crippen LogP contribution < -0.4 is 10.2 Å². The zero-order valence-corrected chi connectivity index (χ0v) is 15.0. The van der Waals surface area contributed by atoms with E-state index < -0.39 is 11.9 Å². The highest BCUT2D eigenvalue weighted by molar-refractivity contribution is 6.06. The Labute approximate surface area is 151 Å². The number of esters is 2. The number of anilines is 1. The number of amides is 1. The lowest BCUT2D eigenvalue weighted by molar-refractivity contribution is -0.139. The molecule has 7 nitrogen and oxygen atoms in total. The van der Waals surface area contributed by atoms with E-state index in [2.05, 4.69) is 5.32 Å². The number of hydrogen-bond acceptors (Lipinski definition) is 6. The zero-order valence-electron chi connectivity index (χ0n) is 15.0. The molecule has 0 saturated heterocycles. The van der Waals surface area contributed by atoms with Gasteiger partial charge in [-0.05, 0) is 36.8 Å². The second-order valence-corrected chi connectivity index (χ2v) is 5.34. The fourth-order valence-electron chi connectivity index (χ4n) is 2.62. The van der Waals surface area contributed by atoms with E-state index in [9.17, 15) is 14.4 Å². The molecule has 1 N–H and O–H groups in total. The fourth-order valence-corrected chi connectivity index (χ4v) is 2.62. The number of carbonyl (C=O) groups excluding carboxylic acids is 3. The maximum atomic E-state index is 12.4. The summed E-state index contributed by atoms with van der Waals surface area (Å²) < 4.78 is 9.66. The summed E-state index contributed by atoms with van der Waals surface area (Å²) in [5, 5.41) is 2.58. The molecule has 0 aliphatic carbocycles. The second kappa shape index (κ2) is 8.15. The third-order valence-electron chi connectivity index (χ3n) is 3.93. The second-order valence-electron chi connectivity index (χ2n) is 5.34. The average molecular weight is 356 g/mol. The lowest BCUT2D eigenvalue weighted by atomic mass is 10.0. The molecule has 0 fully saturated rings. The molecule has 0 aromatic heterocycles. The number of nitrogens with zero attached hydrogens (tertiary/aromatic N) is 1. The summed E-state index contributed by atoms with van der Waals surface area (Å²) in [6.07, 6.45) is 6.39. The standard InChI is InChI=1S/C19H20N2O5/c1-12-13(17(22)20-2)9-7-10-15(12)21-11-6-5-8-14(18(23)25-3)16(21)19(24)26-4/h5-11H,1-4H3,(H,20,22). The summed E-state index contributed by atoms with van der Waals surface area (Å²) in [6, 6.07) is 5.13. The molecule has 1 aromatic rings. The molecule has 0 spiro atoms. The molecule has 0 radical (unpaired) electrons. The summed E-state index contributed by atoms with van der Waals surface area (Å²) in [5.41, 5.74) is 1.71. The SMILES string of the molecule is CNC(=O)c1cccc(N2C=CC=CC(C(=O)OC)=C2C(=O)OC)c1C. The van der Waals surface area contributed by atoms with Crippen LogP contribution in [0.3, 0.4) is 0 Å². The quantitative estimate of drug-likeness (QED) is 0.829. The van der Waals surface area contributed by atoms with Crippen molar-refractivity contribution >= 4 is 23.5 Å². The number of methoxy groups -OCH3 is 2. The van der Waals surface area contributed by atoms with Crippen molar-refractivity contribution in [1.82, 2.24) is 5.32 Å². The molecule has 0 bridgehead atoms. The Balaban J connectivity index is 2.72. The zero-order chi connectivity index (χ0) is 19.3. The third-order valence-corrected chi connectivity index (χ3v) is 3.93. The summed E-state index contributed by atoms with van der Waals surface area (Å²) in [4.78, 5) is 38.2. The maximum Gasteiger partial charge on any atom is 0.355 e. The van der Waals surface area contributed by atoms with Crippen molar-refractivity contribution in [1.29, 1.82) is 0 Å². The molecule has 1 aliphatic rings. The summed E-state index contributed by atoms with van der Waals surface area (Å²) >= 11 is 0. The van der Waals surface area contributed by atoms with E-state index in [1.54, 1.807) is 50.5 Å². The van der Waals surface area contributed by atoms with Gasteiger partial charge < -0.3 is 19.7 Å². The van der Waals surface area contributed by atoms with Gasteiger partial charge in [0.2, 0.25) is 0 Å². The number of ether oxygens (including phenoxy) is 2. The van der Waals surface area contributed by atoms with Crippen LogP contribution in [0.15, 0.2) is 53.9 Å². The number of hydrogen-bond donors (Lipinski definition) is 1. The molecule has 0 saturated carbocycles. The fraction of sp³-hybridized carbons (Fsp3) is 0.211. The van der Waals surface area contributed by atoms with E-state index in [4.69, 9.17) is 9.47 Å². The first-order valence-electron chi connectivity index (χ1n) is 7.83. The van der Waals surface area contributed by atoms with Crippen LogP contribution in [-0.2, 0) is 19.1 Å². The molecular weight excluding hydrogens is 336 g/mol. The topological polar surface area (TPSA) is 84.9 Å². The number of nitrogens with one attached hydrogen (secondary N) is 1. The Hall–Kier alpha value is -3.35. The first kappa shape index (κ1) is 19.0. The lowest BCUT2D eigenvalue weighted by Crippen LogP contribution is -2.28. The van der Waals surface area contributed by atoms with E-state index in [1.165, 1.54) is 25.2 Å². The van der Waals surface area contributed by atoms with E-state index in [-0.39, 0.29) is 17.2 Å². The van der Waals surface area contributed by atoms with Crippen LogP contribution in [-0.4, -0.2) is 39.1 Å². The minimum atomic E-state index is -0.702. The van der Waals surface area contributed by atoms with E-state index in [0.29, 0.717) is 16.8 Å². The summed E-state index contributed by atoms with van der Waals surface area (Å²) in [6.45, 7) is 1.76. The largest absolute Gasteiger partial charge is 0.465 e. The molecule has 1 amide bonds. The van der Waals surface area contributed by atoms with Gasteiger partial charge in [-0.25, -0.2) is 9.59 Å². The Morgan fingerprint density at radius 2 is 1.73 bits per heavy atom. The maximum absolute atomic E-state index is 12.4. The van der Waals surface area contributed by atoms with E-state index in [0.717, 1.165) is 0 Å². The summed E-state index contributed by atoms with van der Waals surface area (Å²) in [7, 11) is 4.01. The molecule has 26 heavy (non-hydrogen) atoms. The number of carbonyl (C=O) groups is 3. The van der Waals surface area contributed by atoms with Gasteiger partial charge in [-0.1, -0.05) is 12.1 Å². The van der Waals surface area contributed by atoms with Crippen molar-refractivity contribution in [2.45, 2.75) is 6.92 Å². The van der Waals surface area contributed by atoms with Crippen LogP contribution >= 0.6 is 0 Å². The van der Waals surface area contributed by atoms with Gasteiger partial charge in [0.1, 0.15) is 5.70 Å². The normalized spacial score (nSPS) is 13.3. The summed E-state index contributed by atoms with van der Waals surface area (Å²) in [5.74, 6) is -1.63. The van der Waals surface area contributed by atoms with Crippen LogP contribution in [0.25, 0.3) is 0 Å². The molecule has 7 heteroatoms. The molecule has 1 aliphatic heterocycles. The molecular formula is C19H20N2O5. The van der Waals surface area contributed by atoms with Crippen molar-refractivity contribution in [2.24, 2.45) is 0 Å². The van der Waals surface area contributed by atoms with Crippen LogP contribution in [0.4, 0.5) is 5.69 Å². The molecule has 136 valence electrons. The van der Waals surface area contributed by atoms with Crippen molar-refractivity contribution < 1.29 is 23.9 Å². The Morgan fingerprint density at radius 1 is 1.04 bits per heavy atom. The highest BCUT2D eigenvalue weighted by Gasteiger charge is 2.28. The Kier molecular flexibility index (Phi) is 5.95. The first-order chi connectivity index (χ1) is 12.5. The number of benzene rings is 1. The Bertz CT molecular complexity index is 836. The van der Waals surface area contributed by atoms with Crippen LogP contribution in [0.5, 0.6) is 0 Å². The van der Waals surface area contributed by atoms with Gasteiger partial charge in [-0.15, -0.1) is 0 Å².